The number of nitrogens with one attached hydrogen (secondary N) is 1. The first-order valence-electron chi connectivity index (χ1n) is 12.6. The molecule has 4 atom stereocenters. The van der Waals surface area contributed by atoms with Crippen molar-refractivity contribution in [1.29, 1.82) is 0 Å². The van der Waals surface area contributed by atoms with E-state index in [0.717, 1.165) is 28.0 Å². The van der Waals surface area contributed by atoms with Crippen LogP contribution in [0, 0.1) is 12.8 Å². The molecule has 1 N–H and O–H groups in total. The number of rotatable bonds is 4. The molecular formula is C31H24N2O3S2. The van der Waals surface area contributed by atoms with E-state index in [0.29, 0.717) is 15.4 Å². The van der Waals surface area contributed by atoms with Gasteiger partial charge >= 0.3 is 0 Å². The van der Waals surface area contributed by atoms with Crippen LogP contribution in [0.5, 0.6) is 0 Å². The fourth-order valence-electron chi connectivity index (χ4n) is 6.68. The highest BCUT2D eigenvalue weighted by molar-refractivity contribution is 7.12. The number of allylic oxidation sites excluding steroid dienone is 1. The lowest BCUT2D eigenvalue weighted by molar-refractivity contribution is -0.121. The van der Waals surface area contributed by atoms with E-state index >= 15 is 0 Å². The lowest BCUT2D eigenvalue weighted by atomic mass is 9.64. The van der Waals surface area contributed by atoms with Crippen molar-refractivity contribution >= 4 is 57.1 Å². The Morgan fingerprint density at radius 3 is 2.32 bits per heavy atom. The topological polar surface area (TPSA) is 66.5 Å². The molecule has 3 aliphatic heterocycles. The molecule has 2 aromatic heterocycles. The van der Waals surface area contributed by atoms with Crippen molar-refractivity contribution in [3.05, 3.63) is 110 Å². The van der Waals surface area contributed by atoms with Gasteiger partial charge in [0.15, 0.2) is 11.6 Å². The molecule has 5 nitrogen and oxygen atoms in total. The number of benzene rings is 2. The number of fused-ring (bicyclic) bond motifs is 6. The number of Topliss-reactive ketones (excluding diaryl/α,β-unsaturated/α-hetero) is 2. The lowest BCUT2D eigenvalue weighted by Gasteiger charge is -2.39. The van der Waals surface area contributed by atoms with Gasteiger partial charge in [-0.3, -0.25) is 14.4 Å². The molecule has 0 aliphatic carbocycles. The number of anilines is 2. The maximum absolute atomic E-state index is 14.5. The van der Waals surface area contributed by atoms with Gasteiger partial charge in [-0.25, -0.2) is 0 Å². The summed E-state index contributed by atoms with van der Waals surface area (Å²) >= 11 is 2.72. The minimum Gasteiger partial charge on any atom is -0.352 e. The third-order valence-electron chi connectivity index (χ3n) is 8.21. The molecule has 1 amide bonds. The Morgan fingerprint density at radius 1 is 0.895 bits per heavy atom. The van der Waals surface area contributed by atoms with Crippen LogP contribution in [-0.2, 0) is 10.2 Å². The fourth-order valence-corrected chi connectivity index (χ4v) is 8.08. The molecule has 5 heterocycles. The number of hydrogen-bond acceptors (Lipinski definition) is 6. The van der Waals surface area contributed by atoms with Crippen LogP contribution in [-0.4, -0.2) is 29.6 Å². The Hall–Kier alpha value is -3.81. The molecule has 2 aromatic carbocycles. The molecule has 188 valence electrons. The highest BCUT2D eigenvalue weighted by atomic mass is 32.1. The van der Waals surface area contributed by atoms with Gasteiger partial charge in [0.05, 0.1) is 21.7 Å². The summed E-state index contributed by atoms with van der Waals surface area (Å²) in [5, 5.41) is 6.82. The van der Waals surface area contributed by atoms with Crippen LogP contribution in [0.25, 0.3) is 5.57 Å². The SMILES string of the molecule is CC1=C[C@@H]2N(c3ccc(C)cc31)[C@H](C(=O)c1cccs1)[C@@H](C(=O)c1cccs1)[C@]21C(=O)Nc2ccccc21. The van der Waals surface area contributed by atoms with Crippen LogP contribution >= 0.6 is 22.7 Å². The summed E-state index contributed by atoms with van der Waals surface area (Å²) < 4.78 is 0. The molecule has 38 heavy (non-hydrogen) atoms. The van der Waals surface area contributed by atoms with Crippen molar-refractivity contribution in [1.82, 2.24) is 0 Å². The second-order valence-corrected chi connectivity index (χ2v) is 12.1. The van der Waals surface area contributed by atoms with E-state index in [1.165, 1.54) is 22.7 Å². The number of amides is 1. The first kappa shape index (κ1) is 23.3. The predicted octanol–water partition coefficient (Wildman–Crippen LogP) is 6.36. The number of para-hydroxylation sites is 1. The molecule has 1 spiro atoms. The van der Waals surface area contributed by atoms with Crippen molar-refractivity contribution in [2.24, 2.45) is 5.92 Å². The third-order valence-corrected chi connectivity index (χ3v) is 9.98. The van der Waals surface area contributed by atoms with Crippen molar-refractivity contribution in [3.8, 4) is 0 Å². The lowest BCUT2D eigenvalue weighted by Crippen LogP contribution is -2.51. The van der Waals surface area contributed by atoms with Gasteiger partial charge in [-0.15, -0.1) is 22.7 Å². The molecule has 0 saturated carbocycles. The molecule has 0 radical (unpaired) electrons. The van der Waals surface area contributed by atoms with Gasteiger partial charge in [-0.1, -0.05) is 48.0 Å². The largest absolute Gasteiger partial charge is 0.352 e. The maximum atomic E-state index is 14.5. The molecule has 7 heteroatoms. The number of nitrogens with zero attached hydrogens (tertiary/aromatic N) is 1. The van der Waals surface area contributed by atoms with Crippen molar-refractivity contribution in [2.45, 2.75) is 31.3 Å². The average Bonchev–Trinajstić information content (AvgIpc) is 3.71. The Labute approximate surface area is 228 Å². The van der Waals surface area contributed by atoms with E-state index < -0.39 is 23.4 Å². The van der Waals surface area contributed by atoms with Crippen molar-refractivity contribution < 1.29 is 14.4 Å². The Bertz CT molecular complexity index is 1650. The molecule has 0 unspecified atom stereocenters. The average molecular weight is 537 g/mol. The van der Waals surface area contributed by atoms with Gasteiger partial charge in [-0.05, 0) is 66.1 Å². The molecule has 7 rings (SSSR count). The number of thiophene rings is 2. The van der Waals surface area contributed by atoms with E-state index in [1.54, 1.807) is 6.07 Å². The number of carbonyl (C=O) groups excluding carboxylic acids is 3. The quantitative estimate of drug-likeness (QED) is 0.308. The van der Waals surface area contributed by atoms with Crippen LogP contribution in [0.15, 0.2) is 83.6 Å². The number of aryl methyl sites for hydroxylation is 1. The third kappa shape index (κ3) is 3.00. The van der Waals surface area contributed by atoms with E-state index in [1.807, 2.05) is 79.2 Å². The zero-order chi connectivity index (χ0) is 26.2. The van der Waals surface area contributed by atoms with Crippen LogP contribution in [0.2, 0.25) is 0 Å². The van der Waals surface area contributed by atoms with Gasteiger partial charge in [0.2, 0.25) is 5.91 Å². The summed E-state index contributed by atoms with van der Waals surface area (Å²) in [7, 11) is 0. The van der Waals surface area contributed by atoms with E-state index in [-0.39, 0.29) is 17.5 Å². The molecular weight excluding hydrogens is 512 g/mol. The van der Waals surface area contributed by atoms with Crippen LogP contribution in [0.3, 0.4) is 0 Å². The normalized spacial score (nSPS) is 25.0. The Morgan fingerprint density at radius 2 is 1.61 bits per heavy atom. The zero-order valence-electron chi connectivity index (χ0n) is 20.8. The first-order chi connectivity index (χ1) is 18.4. The fraction of sp³-hybridized carbons (Fsp3) is 0.194. The van der Waals surface area contributed by atoms with E-state index in [4.69, 9.17) is 0 Å². The summed E-state index contributed by atoms with van der Waals surface area (Å²) in [5.74, 6) is -1.45. The van der Waals surface area contributed by atoms with Gasteiger partial charge in [0.25, 0.3) is 0 Å². The Balaban J connectivity index is 1.57. The summed E-state index contributed by atoms with van der Waals surface area (Å²) in [5.41, 5.74) is 4.26. The van der Waals surface area contributed by atoms with Crippen molar-refractivity contribution in [2.75, 3.05) is 10.2 Å². The summed E-state index contributed by atoms with van der Waals surface area (Å²) in [4.78, 5) is 46.5. The van der Waals surface area contributed by atoms with Crippen LogP contribution in [0.1, 0.15) is 43.0 Å². The number of carbonyl (C=O) groups is 3. The predicted molar refractivity (Wildman–Crippen MR) is 152 cm³/mol. The highest BCUT2D eigenvalue weighted by Crippen LogP contribution is 2.59. The minimum atomic E-state index is -1.26. The number of hydrogen-bond donors (Lipinski definition) is 1. The zero-order valence-corrected chi connectivity index (χ0v) is 22.4. The summed E-state index contributed by atoms with van der Waals surface area (Å²) in [6.07, 6.45) is 2.10. The second kappa shape index (κ2) is 8.35. The molecule has 1 fully saturated rings. The van der Waals surface area contributed by atoms with E-state index in [9.17, 15) is 14.4 Å². The van der Waals surface area contributed by atoms with Crippen LogP contribution < -0.4 is 10.2 Å². The van der Waals surface area contributed by atoms with Gasteiger partial charge in [-0.2, -0.15) is 0 Å². The monoisotopic (exact) mass is 536 g/mol. The van der Waals surface area contributed by atoms with Gasteiger partial charge in [0.1, 0.15) is 11.5 Å². The van der Waals surface area contributed by atoms with Crippen LogP contribution in [0.4, 0.5) is 11.4 Å². The molecule has 3 aliphatic rings. The van der Waals surface area contributed by atoms with Gasteiger partial charge < -0.3 is 10.2 Å². The standard InChI is InChI=1S/C31H24N2O3S2/c1-17-11-12-22-19(15-17)18(2)16-25-31(20-7-3-4-8-21(20)32-30(31)36)26(28(34)23-9-5-13-37-23)27(33(22)25)29(35)24-10-6-14-38-24/h3-16,25-27H,1-2H3,(H,32,36)/t25-,26-,27-,31+/m0/s1. The minimum absolute atomic E-state index is 0.131. The van der Waals surface area contributed by atoms with Crippen molar-refractivity contribution in [3.63, 3.8) is 0 Å². The second-order valence-electron chi connectivity index (χ2n) is 10.2. The maximum Gasteiger partial charge on any atom is 0.238 e. The highest BCUT2D eigenvalue weighted by Gasteiger charge is 2.70. The molecule has 0 bridgehead atoms. The molecule has 1 saturated heterocycles. The number of ketones is 2. The van der Waals surface area contributed by atoms with Gasteiger partial charge in [0, 0.05) is 16.9 Å². The smallest absolute Gasteiger partial charge is 0.238 e. The van der Waals surface area contributed by atoms with E-state index in [2.05, 4.69) is 22.4 Å². The summed E-state index contributed by atoms with van der Waals surface area (Å²) in [6.45, 7) is 4.09. The molecule has 4 aromatic rings. The Kier molecular flexibility index (Phi) is 5.12. The first-order valence-corrected chi connectivity index (χ1v) is 14.3. The summed E-state index contributed by atoms with van der Waals surface area (Å²) in [6, 6.07) is 19.7.